The molecule has 0 spiro atoms. The fourth-order valence-corrected chi connectivity index (χ4v) is 2.07. The summed E-state index contributed by atoms with van der Waals surface area (Å²) in [6.07, 6.45) is 2.64. The molecule has 0 amide bonds. The molecule has 0 heterocycles. The van der Waals surface area contributed by atoms with Crippen LogP contribution in [0.25, 0.3) is 0 Å². The highest BCUT2D eigenvalue weighted by molar-refractivity contribution is 5.39. The van der Waals surface area contributed by atoms with E-state index in [2.05, 4.69) is 19.9 Å². The Kier molecular flexibility index (Phi) is 3.49. The molecule has 2 nitrogen and oxygen atoms in total. The first-order valence-electron chi connectivity index (χ1n) is 6.10. The minimum Gasteiger partial charge on any atom is -0.494 e. The molecule has 1 aromatic rings. The standard InChI is InChI=1S/C14H20O2/c1-10(2)7-8-16-12-4-5-13-11(9-12)3-6-14(13)15/h4-5,9-10,14-15H,3,6-8H2,1-2H3/t14-/m0/s1. The highest BCUT2D eigenvalue weighted by atomic mass is 16.5. The zero-order valence-electron chi connectivity index (χ0n) is 10.1. The van der Waals surface area contributed by atoms with Gasteiger partial charge in [-0.3, -0.25) is 0 Å². The first-order valence-corrected chi connectivity index (χ1v) is 6.10. The van der Waals surface area contributed by atoms with Crippen LogP contribution in [0.1, 0.15) is 43.9 Å². The number of aryl methyl sites for hydroxylation is 1. The van der Waals surface area contributed by atoms with Crippen LogP contribution in [0.2, 0.25) is 0 Å². The predicted octanol–water partition coefficient (Wildman–Crippen LogP) is 3.09. The maximum atomic E-state index is 9.68. The quantitative estimate of drug-likeness (QED) is 0.845. The smallest absolute Gasteiger partial charge is 0.119 e. The van der Waals surface area contributed by atoms with Crippen LogP contribution >= 0.6 is 0 Å². The summed E-state index contributed by atoms with van der Waals surface area (Å²) >= 11 is 0. The molecule has 1 N–H and O–H groups in total. The summed E-state index contributed by atoms with van der Waals surface area (Å²) in [5.41, 5.74) is 2.32. The van der Waals surface area contributed by atoms with Gasteiger partial charge in [-0.15, -0.1) is 0 Å². The molecule has 2 rings (SSSR count). The van der Waals surface area contributed by atoms with Gasteiger partial charge < -0.3 is 9.84 Å². The molecule has 0 bridgehead atoms. The van der Waals surface area contributed by atoms with Crippen molar-refractivity contribution in [2.24, 2.45) is 5.92 Å². The molecule has 2 heteroatoms. The van der Waals surface area contributed by atoms with Gasteiger partial charge in [0.05, 0.1) is 12.7 Å². The summed E-state index contributed by atoms with van der Waals surface area (Å²) in [4.78, 5) is 0. The predicted molar refractivity (Wildman–Crippen MR) is 64.7 cm³/mol. The Morgan fingerprint density at radius 1 is 1.44 bits per heavy atom. The van der Waals surface area contributed by atoms with E-state index in [1.165, 1.54) is 5.56 Å². The van der Waals surface area contributed by atoms with Gasteiger partial charge in [0.15, 0.2) is 0 Å². The third-order valence-corrected chi connectivity index (χ3v) is 3.12. The first-order chi connectivity index (χ1) is 7.66. The molecule has 88 valence electrons. The average Bonchev–Trinajstić information content (AvgIpc) is 2.60. The highest BCUT2D eigenvalue weighted by Crippen LogP contribution is 2.33. The van der Waals surface area contributed by atoms with E-state index >= 15 is 0 Å². The maximum Gasteiger partial charge on any atom is 0.119 e. The lowest BCUT2D eigenvalue weighted by molar-refractivity contribution is 0.180. The second-order valence-corrected chi connectivity index (χ2v) is 4.95. The van der Waals surface area contributed by atoms with Crippen molar-refractivity contribution in [3.05, 3.63) is 29.3 Å². The van der Waals surface area contributed by atoms with E-state index in [4.69, 9.17) is 4.74 Å². The van der Waals surface area contributed by atoms with Gasteiger partial charge in [0.2, 0.25) is 0 Å². The molecule has 0 aromatic heterocycles. The molecule has 1 atom stereocenters. The van der Waals surface area contributed by atoms with Gasteiger partial charge >= 0.3 is 0 Å². The Morgan fingerprint density at radius 2 is 2.25 bits per heavy atom. The number of hydrogen-bond donors (Lipinski definition) is 1. The van der Waals surface area contributed by atoms with Gasteiger partial charge in [-0.05, 0) is 48.4 Å². The van der Waals surface area contributed by atoms with Gasteiger partial charge in [-0.1, -0.05) is 19.9 Å². The Morgan fingerprint density at radius 3 is 3.00 bits per heavy atom. The van der Waals surface area contributed by atoms with Crippen molar-refractivity contribution in [1.82, 2.24) is 0 Å². The minimum absolute atomic E-state index is 0.264. The monoisotopic (exact) mass is 220 g/mol. The molecule has 1 aromatic carbocycles. The molecule has 0 saturated carbocycles. The number of rotatable bonds is 4. The Hall–Kier alpha value is -1.02. The topological polar surface area (TPSA) is 29.5 Å². The Balaban J connectivity index is 1.97. The van der Waals surface area contributed by atoms with Crippen LogP contribution < -0.4 is 4.74 Å². The Bertz CT molecular complexity index is 358. The van der Waals surface area contributed by atoms with Crippen LogP contribution in [0.5, 0.6) is 5.75 Å². The second kappa shape index (κ2) is 4.88. The average molecular weight is 220 g/mol. The molecule has 0 saturated heterocycles. The number of hydrogen-bond acceptors (Lipinski definition) is 2. The van der Waals surface area contributed by atoms with Gasteiger partial charge in [0.25, 0.3) is 0 Å². The lowest BCUT2D eigenvalue weighted by atomic mass is 10.1. The van der Waals surface area contributed by atoms with E-state index < -0.39 is 0 Å². The van der Waals surface area contributed by atoms with E-state index in [0.29, 0.717) is 5.92 Å². The summed E-state index contributed by atoms with van der Waals surface area (Å²) < 4.78 is 5.70. The van der Waals surface area contributed by atoms with Crippen LogP contribution in [0, 0.1) is 5.92 Å². The summed E-state index contributed by atoms with van der Waals surface area (Å²) in [5, 5.41) is 9.68. The number of aliphatic hydroxyl groups is 1. The van der Waals surface area contributed by atoms with Crippen LogP contribution in [-0.4, -0.2) is 11.7 Å². The van der Waals surface area contributed by atoms with Gasteiger partial charge in [-0.2, -0.15) is 0 Å². The van der Waals surface area contributed by atoms with Crippen molar-refractivity contribution in [1.29, 1.82) is 0 Å². The highest BCUT2D eigenvalue weighted by Gasteiger charge is 2.20. The van der Waals surface area contributed by atoms with Crippen LogP contribution in [0.3, 0.4) is 0 Å². The van der Waals surface area contributed by atoms with E-state index in [1.807, 2.05) is 12.1 Å². The van der Waals surface area contributed by atoms with Crippen molar-refractivity contribution >= 4 is 0 Å². The molecule has 1 aliphatic carbocycles. The van der Waals surface area contributed by atoms with Crippen molar-refractivity contribution in [3.8, 4) is 5.75 Å². The van der Waals surface area contributed by atoms with Crippen molar-refractivity contribution in [2.45, 2.75) is 39.2 Å². The summed E-state index contributed by atoms with van der Waals surface area (Å²) in [7, 11) is 0. The number of fused-ring (bicyclic) bond motifs is 1. The van der Waals surface area contributed by atoms with Crippen molar-refractivity contribution in [3.63, 3.8) is 0 Å². The summed E-state index contributed by atoms with van der Waals surface area (Å²) in [6.45, 7) is 5.17. The fraction of sp³-hybridized carbons (Fsp3) is 0.571. The zero-order chi connectivity index (χ0) is 11.5. The van der Waals surface area contributed by atoms with Crippen molar-refractivity contribution in [2.75, 3.05) is 6.61 Å². The number of ether oxygens (including phenoxy) is 1. The van der Waals surface area contributed by atoms with E-state index in [-0.39, 0.29) is 6.10 Å². The third kappa shape index (κ3) is 2.56. The molecule has 0 aliphatic heterocycles. The van der Waals surface area contributed by atoms with Gasteiger partial charge in [0, 0.05) is 0 Å². The summed E-state index contributed by atoms with van der Waals surface area (Å²) in [6, 6.07) is 6.04. The van der Waals surface area contributed by atoms with Gasteiger partial charge in [0.1, 0.15) is 5.75 Å². The minimum atomic E-state index is -0.264. The molecule has 0 unspecified atom stereocenters. The number of benzene rings is 1. The maximum absolute atomic E-state index is 9.68. The Labute approximate surface area is 97.3 Å². The van der Waals surface area contributed by atoms with Crippen LogP contribution in [0.15, 0.2) is 18.2 Å². The van der Waals surface area contributed by atoms with Crippen LogP contribution in [-0.2, 0) is 6.42 Å². The molecular formula is C14H20O2. The lowest BCUT2D eigenvalue weighted by Crippen LogP contribution is -2.01. The molecule has 16 heavy (non-hydrogen) atoms. The molecule has 0 radical (unpaired) electrons. The second-order valence-electron chi connectivity index (χ2n) is 4.95. The molecule has 1 aliphatic rings. The lowest BCUT2D eigenvalue weighted by Gasteiger charge is -2.10. The van der Waals surface area contributed by atoms with Gasteiger partial charge in [-0.25, -0.2) is 0 Å². The van der Waals surface area contributed by atoms with E-state index in [1.54, 1.807) is 0 Å². The largest absolute Gasteiger partial charge is 0.494 e. The van der Waals surface area contributed by atoms with Crippen LogP contribution in [0.4, 0.5) is 0 Å². The zero-order valence-corrected chi connectivity index (χ0v) is 10.1. The van der Waals surface area contributed by atoms with Crippen molar-refractivity contribution < 1.29 is 9.84 Å². The SMILES string of the molecule is CC(C)CCOc1ccc2c(c1)CC[C@@H]2O. The molecule has 0 fully saturated rings. The summed E-state index contributed by atoms with van der Waals surface area (Å²) in [5.74, 6) is 1.62. The third-order valence-electron chi connectivity index (χ3n) is 3.12. The fourth-order valence-electron chi connectivity index (χ4n) is 2.07. The van der Waals surface area contributed by atoms with E-state index in [9.17, 15) is 5.11 Å². The normalized spacial score (nSPS) is 18.9. The molecular weight excluding hydrogens is 200 g/mol. The number of aliphatic hydroxyl groups excluding tert-OH is 1. The van der Waals surface area contributed by atoms with E-state index in [0.717, 1.165) is 37.2 Å². The first kappa shape index (κ1) is 11.5.